The van der Waals surface area contributed by atoms with Crippen LogP contribution in [-0.4, -0.2) is 29.7 Å². The number of nitroso groups, excluding NO2 is 1. The zero-order chi connectivity index (χ0) is 13.6. The van der Waals surface area contributed by atoms with E-state index in [-0.39, 0.29) is 6.42 Å². The number of hydrogen-bond acceptors (Lipinski definition) is 5. The van der Waals surface area contributed by atoms with Gasteiger partial charge in [0.25, 0.3) is 5.91 Å². The van der Waals surface area contributed by atoms with Crippen LogP contribution in [-0.2, 0) is 4.79 Å². The van der Waals surface area contributed by atoms with Crippen molar-refractivity contribution in [3.05, 3.63) is 29.7 Å². The van der Waals surface area contributed by atoms with E-state index in [9.17, 15) is 9.70 Å². The van der Waals surface area contributed by atoms with Gasteiger partial charge >= 0.3 is 0 Å². The second kappa shape index (κ2) is 12.6. The molecule has 0 aromatic rings. The van der Waals surface area contributed by atoms with Crippen LogP contribution in [0.2, 0.25) is 0 Å². The van der Waals surface area contributed by atoms with E-state index in [4.69, 9.17) is 0 Å². The summed E-state index contributed by atoms with van der Waals surface area (Å²) in [5.41, 5.74) is 1.03. The van der Waals surface area contributed by atoms with E-state index in [0.717, 1.165) is 23.8 Å². The molecule has 0 rings (SSSR count). The normalized spacial score (nSPS) is 11.7. The van der Waals surface area contributed by atoms with Gasteiger partial charge in [0.2, 0.25) is 0 Å². The SMILES string of the molecule is C=C/C=C\C(CSSCCCC(=O)N=O)=N/CC. The van der Waals surface area contributed by atoms with Gasteiger partial charge in [0.1, 0.15) is 0 Å². The molecule has 0 aromatic carbocycles. The number of amides is 1. The molecule has 0 aliphatic heterocycles. The van der Waals surface area contributed by atoms with Crippen LogP contribution in [0.5, 0.6) is 0 Å². The van der Waals surface area contributed by atoms with Gasteiger partial charge in [-0.25, -0.2) is 0 Å². The first-order chi connectivity index (χ1) is 8.74. The number of carbonyl (C=O) groups excluding carboxylic acids is 1. The zero-order valence-corrected chi connectivity index (χ0v) is 12.1. The fourth-order valence-corrected chi connectivity index (χ4v) is 3.11. The summed E-state index contributed by atoms with van der Waals surface area (Å²) in [5, 5.41) is 2.35. The van der Waals surface area contributed by atoms with Crippen molar-refractivity contribution < 1.29 is 4.79 Å². The maximum absolute atomic E-state index is 10.6. The van der Waals surface area contributed by atoms with Crippen molar-refractivity contribution >= 4 is 33.2 Å². The minimum Gasteiger partial charge on any atom is -0.289 e. The summed E-state index contributed by atoms with van der Waals surface area (Å²) in [6, 6.07) is 0. The topological polar surface area (TPSA) is 58.9 Å². The van der Waals surface area contributed by atoms with E-state index in [1.807, 2.05) is 19.1 Å². The average Bonchev–Trinajstić information content (AvgIpc) is 2.39. The van der Waals surface area contributed by atoms with Crippen molar-refractivity contribution in [1.29, 1.82) is 0 Å². The highest BCUT2D eigenvalue weighted by molar-refractivity contribution is 8.76. The Morgan fingerprint density at radius 3 is 2.78 bits per heavy atom. The van der Waals surface area contributed by atoms with Gasteiger partial charge in [0.15, 0.2) is 0 Å². The van der Waals surface area contributed by atoms with Gasteiger partial charge in [-0.05, 0) is 19.4 Å². The van der Waals surface area contributed by atoms with Crippen LogP contribution in [0.15, 0.2) is 35.0 Å². The first-order valence-corrected chi connectivity index (χ1v) is 8.16. The fourth-order valence-electron chi connectivity index (χ4n) is 1.02. The zero-order valence-electron chi connectivity index (χ0n) is 10.5. The summed E-state index contributed by atoms with van der Waals surface area (Å²) in [6.45, 7) is 6.38. The van der Waals surface area contributed by atoms with E-state index < -0.39 is 5.91 Å². The van der Waals surface area contributed by atoms with Crippen molar-refractivity contribution in [1.82, 2.24) is 0 Å². The van der Waals surface area contributed by atoms with Gasteiger partial charge in [-0.3, -0.25) is 9.79 Å². The maximum atomic E-state index is 10.6. The minimum atomic E-state index is -0.567. The molecule has 0 spiro atoms. The van der Waals surface area contributed by atoms with Gasteiger partial charge in [0.05, 0.1) is 0 Å². The molecule has 0 atom stereocenters. The lowest BCUT2D eigenvalue weighted by Gasteiger charge is -2.01. The highest BCUT2D eigenvalue weighted by Gasteiger charge is 2.00. The summed E-state index contributed by atoms with van der Waals surface area (Å²) >= 11 is 0. The molecule has 0 unspecified atom stereocenters. The van der Waals surface area contributed by atoms with Crippen LogP contribution in [0.4, 0.5) is 0 Å². The third-order valence-corrected chi connectivity index (χ3v) is 4.19. The Morgan fingerprint density at radius 1 is 1.39 bits per heavy atom. The number of allylic oxidation sites excluding steroid dienone is 3. The molecule has 0 heterocycles. The van der Waals surface area contributed by atoms with Crippen molar-refractivity contribution in [2.75, 3.05) is 18.1 Å². The van der Waals surface area contributed by atoms with Crippen molar-refractivity contribution in [2.24, 2.45) is 10.2 Å². The molecule has 4 nitrogen and oxygen atoms in total. The third-order valence-electron chi connectivity index (χ3n) is 1.80. The molecule has 0 radical (unpaired) electrons. The predicted molar refractivity (Wildman–Crippen MR) is 82.3 cm³/mol. The van der Waals surface area contributed by atoms with Gasteiger partial charge in [0, 0.05) is 35.4 Å². The van der Waals surface area contributed by atoms with Gasteiger partial charge in [-0.1, -0.05) is 40.3 Å². The average molecular weight is 286 g/mol. The van der Waals surface area contributed by atoms with E-state index in [2.05, 4.69) is 16.7 Å². The molecule has 6 heteroatoms. The van der Waals surface area contributed by atoms with E-state index in [0.29, 0.717) is 6.42 Å². The predicted octanol–water partition coefficient (Wildman–Crippen LogP) is 3.64. The number of aliphatic imine (C=N–C) groups is 1. The number of hydrogen-bond donors (Lipinski definition) is 0. The lowest BCUT2D eigenvalue weighted by atomic mass is 10.3. The first-order valence-electron chi connectivity index (χ1n) is 5.67. The highest BCUT2D eigenvalue weighted by Crippen LogP contribution is 2.22. The van der Waals surface area contributed by atoms with Crippen molar-refractivity contribution in [3.63, 3.8) is 0 Å². The highest BCUT2D eigenvalue weighted by atomic mass is 33.1. The Bertz CT molecular complexity index is 328. The standard InChI is InChI=1S/C12H18N2O2S2/c1-3-5-7-11(13-4-2)10-18-17-9-6-8-12(15)14-16/h3,5,7H,1,4,6,8-10H2,2H3/b7-5-,13-11+. The van der Waals surface area contributed by atoms with E-state index >= 15 is 0 Å². The summed E-state index contributed by atoms with van der Waals surface area (Å²) < 4.78 is 0. The molecule has 0 saturated carbocycles. The van der Waals surface area contributed by atoms with Crippen LogP contribution in [0.25, 0.3) is 0 Å². The van der Waals surface area contributed by atoms with Crippen LogP contribution in [0.3, 0.4) is 0 Å². The summed E-state index contributed by atoms with van der Waals surface area (Å²) in [7, 11) is 3.36. The summed E-state index contributed by atoms with van der Waals surface area (Å²) in [5.74, 6) is 1.09. The smallest absolute Gasteiger partial charge is 0.286 e. The van der Waals surface area contributed by atoms with Crippen LogP contribution < -0.4 is 0 Å². The molecular weight excluding hydrogens is 268 g/mol. The van der Waals surface area contributed by atoms with Crippen LogP contribution >= 0.6 is 21.6 Å². The largest absolute Gasteiger partial charge is 0.289 e. The molecule has 0 aliphatic rings. The monoisotopic (exact) mass is 286 g/mol. The van der Waals surface area contributed by atoms with E-state index in [1.54, 1.807) is 27.7 Å². The Morgan fingerprint density at radius 2 is 2.17 bits per heavy atom. The summed E-state index contributed by atoms with van der Waals surface area (Å²) in [6.07, 6.45) is 6.47. The number of nitrogens with zero attached hydrogens (tertiary/aromatic N) is 2. The third kappa shape index (κ3) is 10.3. The second-order valence-corrected chi connectivity index (χ2v) is 5.82. The number of rotatable bonds is 10. The van der Waals surface area contributed by atoms with Crippen molar-refractivity contribution in [3.8, 4) is 0 Å². The Balaban J connectivity index is 3.70. The molecule has 1 amide bonds. The quantitative estimate of drug-likeness (QED) is 0.202. The number of carbonyl (C=O) groups is 1. The fraction of sp³-hybridized carbons (Fsp3) is 0.500. The lowest BCUT2D eigenvalue weighted by Crippen LogP contribution is -1.98. The van der Waals surface area contributed by atoms with Gasteiger partial charge in [-0.15, -0.1) is 4.91 Å². The molecular formula is C12H18N2O2S2. The molecule has 0 saturated heterocycles. The van der Waals surface area contributed by atoms with Crippen LogP contribution in [0.1, 0.15) is 19.8 Å². The maximum Gasteiger partial charge on any atom is 0.286 e. The molecule has 0 N–H and O–H groups in total. The molecule has 0 fully saturated rings. The van der Waals surface area contributed by atoms with Gasteiger partial charge in [-0.2, -0.15) is 0 Å². The van der Waals surface area contributed by atoms with Crippen molar-refractivity contribution in [2.45, 2.75) is 19.8 Å². The van der Waals surface area contributed by atoms with Gasteiger partial charge < -0.3 is 0 Å². The molecule has 0 bridgehead atoms. The van der Waals surface area contributed by atoms with Crippen LogP contribution in [0, 0.1) is 4.91 Å². The Kier molecular flexibility index (Phi) is 12.0. The first kappa shape index (κ1) is 17.1. The molecule has 100 valence electrons. The Hall–Kier alpha value is -0.880. The Labute approximate surface area is 116 Å². The lowest BCUT2D eigenvalue weighted by molar-refractivity contribution is -0.117. The summed E-state index contributed by atoms with van der Waals surface area (Å²) in [4.78, 5) is 24.8. The molecule has 18 heavy (non-hydrogen) atoms. The minimum absolute atomic E-state index is 0.239. The van der Waals surface area contributed by atoms with E-state index in [1.165, 1.54) is 0 Å². The molecule has 0 aromatic heterocycles. The second-order valence-electron chi connectivity index (χ2n) is 3.23. The molecule has 0 aliphatic carbocycles.